The molecule has 1 aromatic heterocycles. The van der Waals surface area contributed by atoms with Crippen LogP contribution in [0.5, 0.6) is 0 Å². The van der Waals surface area contributed by atoms with Gasteiger partial charge in [-0.1, -0.05) is 23.4 Å². The molecule has 0 unspecified atom stereocenters. The molecule has 16 heavy (non-hydrogen) atoms. The summed E-state index contributed by atoms with van der Waals surface area (Å²) in [7, 11) is 0. The van der Waals surface area contributed by atoms with Crippen LogP contribution >= 0.6 is 11.6 Å². The third kappa shape index (κ3) is 2.92. The van der Waals surface area contributed by atoms with Crippen molar-refractivity contribution >= 4 is 17.3 Å². The highest BCUT2D eigenvalue weighted by molar-refractivity contribution is 6.31. The maximum absolute atomic E-state index is 10.6. The number of rotatable bonds is 2. The van der Waals surface area contributed by atoms with Crippen LogP contribution in [0.3, 0.4) is 0 Å². The summed E-state index contributed by atoms with van der Waals surface area (Å²) >= 11 is 5.62. The van der Waals surface area contributed by atoms with Crippen LogP contribution in [0.1, 0.15) is 17.7 Å². The molecule has 84 valence electrons. The number of nitrogens with zero attached hydrogens (tertiary/aromatic N) is 2. The van der Waals surface area contributed by atoms with E-state index in [0.29, 0.717) is 17.7 Å². The molecule has 0 aliphatic rings. The smallest absolute Gasteiger partial charge is 0.307 e. The molecular weight excluding hydrogens is 232 g/mol. The highest BCUT2D eigenvalue weighted by Crippen LogP contribution is 2.24. The predicted molar refractivity (Wildman–Crippen MR) is 59.2 cm³/mol. The third-order valence-electron chi connectivity index (χ3n) is 1.80. The zero-order valence-electron chi connectivity index (χ0n) is 8.53. The van der Waals surface area contributed by atoms with E-state index in [1.165, 1.54) is 6.07 Å². The average Bonchev–Trinajstić information content (AvgIpc) is 2.21. The van der Waals surface area contributed by atoms with Gasteiger partial charge in [-0.3, -0.25) is 10.1 Å². The van der Waals surface area contributed by atoms with Crippen LogP contribution in [0.2, 0.25) is 5.15 Å². The number of aliphatic hydroxyl groups excluding tert-OH is 1. The van der Waals surface area contributed by atoms with Gasteiger partial charge >= 0.3 is 5.69 Å². The highest BCUT2D eigenvalue weighted by atomic mass is 35.5. The van der Waals surface area contributed by atoms with E-state index in [9.17, 15) is 10.1 Å². The van der Waals surface area contributed by atoms with Gasteiger partial charge in [0.2, 0.25) is 5.15 Å². The summed E-state index contributed by atoms with van der Waals surface area (Å²) in [5.41, 5.74) is 0.714. The Balaban J connectivity index is 3.16. The van der Waals surface area contributed by atoms with Gasteiger partial charge < -0.3 is 5.11 Å². The minimum Gasteiger partial charge on any atom is -0.395 e. The summed E-state index contributed by atoms with van der Waals surface area (Å²) in [5, 5.41) is 19.0. The minimum absolute atomic E-state index is 0.0465. The van der Waals surface area contributed by atoms with E-state index in [2.05, 4.69) is 16.8 Å². The lowest BCUT2D eigenvalue weighted by atomic mass is 10.2. The molecule has 0 aliphatic heterocycles. The van der Waals surface area contributed by atoms with Crippen molar-refractivity contribution in [2.45, 2.75) is 13.3 Å². The van der Waals surface area contributed by atoms with Gasteiger partial charge in [-0.05, 0) is 6.92 Å². The van der Waals surface area contributed by atoms with Crippen molar-refractivity contribution in [1.82, 2.24) is 4.98 Å². The molecule has 0 aliphatic carbocycles. The SMILES string of the molecule is Cc1nc(Cl)c([N+](=O)[O-])cc1C#CCCO. The number of hydrogen-bond donors (Lipinski definition) is 1. The first-order chi connectivity index (χ1) is 7.56. The fourth-order valence-corrected chi connectivity index (χ4v) is 1.28. The fourth-order valence-electron chi connectivity index (χ4n) is 1.03. The monoisotopic (exact) mass is 240 g/mol. The van der Waals surface area contributed by atoms with Crippen molar-refractivity contribution in [3.05, 3.63) is 32.6 Å². The molecule has 1 rings (SSSR count). The summed E-state index contributed by atoms with van der Waals surface area (Å²) < 4.78 is 0. The molecule has 6 heteroatoms. The zero-order chi connectivity index (χ0) is 12.1. The molecule has 1 heterocycles. The molecule has 0 saturated heterocycles. The summed E-state index contributed by atoms with van der Waals surface area (Å²) in [6.45, 7) is 1.62. The zero-order valence-corrected chi connectivity index (χ0v) is 9.28. The van der Waals surface area contributed by atoms with Gasteiger partial charge in [0.1, 0.15) is 0 Å². The van der Waals surface area contributed by atoms with Crippen LogP contribution < -0.4 is 0 Å². The number of aryl methyl sites for hydroxylation is 1. The van der Waals surface area contributed by atoms with Crippen LogP contribution in [0.15, 0.2) is 6.07 Å². The van der Waals surface area contributed by atoms with Crippen molar-refractivity contribution < 1.29 is 10.0 Å². The molecule has 1 aromatic rings. The Bertz CT molecular complexity index is 477. The molecule has 0 bridgehead atoms. The van der Waals surface area contributed by atoms with Crippen LogP contribution in [-0.2, 0) is 0 Å². The molecule has 0 saturated carbocycles. The van der Waals surface area contributed by atoms with Crippen molar-refractivity contribution in [2.24, 2.45) is 0 Å². The Kier molecular flexibility index (Phi) is 4.23. The van der Waals surface area contributed by atoms with Gasteiger partial charge in [-0.15, -0.1) is 0 Å². The van der Waals surface area contributed by atoms with Gasteiger partial charge in [0.25, 0.3) is 0 Å². The summed E-state index contributed by atoms with van der Waals surface area (Å²) in [5.74, 6) is 5.37. The number of aliphatic hydroxyl groups is 1. The van der Waals surface area contributed by atoms with E-state index in [1.807, 2.05) is 0 Å². The van der Waals surface area contributed by atoms with Crippen molar-refractivity contribution in [3.8, 4) is 11.8 Å². The second-order valence-corrected chi connectivity index (χ2v) is 3.32. The van der Waals surface area contributed by atoms with Gasteiger partial charge in [-0.2, -0.15) is 0 Å². The number of pyridine rings is 1. The van der Waals surface area contributed by atoms with Crippen molar-refractivity contribution in [2.75, 3.05) is 6.61 Å². The van der Waals surface area contributed by atoms with E-state index in [-0.39, 0.29) is 17.4 Å². The summed E-state index contributed by atoms with van der Waals surface area (Å²) in [6.07, 6.45) is 0.315. The highest BCUT2D eigenvalue weighted by Gasteiger charge is 2.15. The van der Waals surface area contributed by atoms with Gasteiger partial charge in [0, 0.05) is 12.5 Å². The van der Waals surface area contributed by atoms with Gasteiger partial charge in [0.05, 0.1) is 22.8 Å². The Hall–Kier alpha value is -1.64. The Labute approximate surface area is 97.2 Å². The third-order valence-corrected chi connectivity index (χ3v) is 2.08. The Morgan fingerprint density at radius 2 is 2.38 bits per heavy atom. The van der Waals surface area contributed by atoms with E-state index in [4.69, 9.17) is 16.7 Å². The lowest BCUT2D eigenvalue weighted by Crippen LogP contribution is -1.96. The largest absolute Gasteiger partial charge is 0.395 e. The Morgan fingerprint density at radius 3 is 2.94 bits per heavy atom. The van der Waals surface area contributed by atoms with Crippen LogP contribution in [0.25, 0.3) is 0 Å². The molecule has 0 spiro atoms. The van der Waals surface area contributed by atoms with Gasteiger partial charge in [0.15, 0.2) is 0 Å². The molecule has 0 atom stereocenters. The molecule has 0 radical (unpaired) electrons. The molecule has 0 fully saturated rings. The number of halogens is 1. The van der Waals surface area contributed by atoms with Crippen LogP contribution in [0.4, 0.5) is 5.69 Å². The standard InChI is InChI=1S/C10H9ClN2O3/c1-7-8(4-2-3-5-14)6-9(13(15)16)10(11)12-7/h6,14H,3,5H2,1H3. The number of hydrogen-bond acceptors (Lipinski definition) is 4. The lowest BCUT2D eigenvalue weighted by Gasteiger charge is -1.99. The molecular formula is C10H9ClN2O3. The van der Waals surface area contributed by atoms with Crippen LogP contribution in [0, 0.1) is 28.9 Å². The van der Waals surface area contributed by atoms with Crippen molar-refractivity contribution in [3.63, 3.8) is 0 Å². The van der Waals surface area contributed by atoms with Gasteiger partial charge in [-0.25, -0.2) is 4.98 Å². The van der Waals surface area contributed by atoms with Crippen molar-refractivity contribution in [1.29, 1.82) is 0 Å². The van der Waals surface area contributed by atoms with E-state index < -0.39 is 4.92 Å². The molecule has 1 N–H and O–H groups in total. The minimum atomic E-state index is -0.605. The predicted octanol–water partition coefficient (Wildman–Crippen LogP) is 1.69. The normalized spacial score (nSPS) is 9.44. The topological polar surface area (TPSA) is 76.3 Å². The lowest BCUT2D eigenvalue weighted by molar-refractivity contribution is -0.385. The van der Waals surface area contributed by atoms with E-state index >= 15 is 0 Å². The second-order valence-electron chi connectivity index (χ2n) is 2.96. The molecule has 5 nitrogen and oxygen atoms in total. The van der Waals surface area contributed by atoms with Crippen LogP contribution in [-0.4, -0.2) is 21.6 Å². The maximum atomic E-state index is 10.6. The second kappa shape index (κ2) is 5.45. The van der Waals surface area contributed by atoms with E-state index in [0.717, 1.165) is 0 Å². The Morgan fingerprint density at radius 1 is 1.69 bits per heavy atom. The first-order valence-corrected chi connectivity index (χ1v) is 4.85. The average molecular weight is 241 g/mol. The fraction of sp³-hybridized carbons (Fsp3) is 0.300. The quantitative estimate of drug-likeness (QED) is 0.369. The first kappa shape index (κ1) is 12.4. The number of nitro groups is 1. The molecule has 0 amide bonds. The number of aromatic nitrogens is 1. The first-order valence-electron chi connectivity index (χ1n) is 4.47. The summed E-state index contributed by atoms with van der Waals surface area (Å²) in [6, 6.07) is 1.29. The van der Waals surface area contributed by atoms with E-state index in [1.54, 1.807) is 6.92 Å². The maximum Gasteiger partial charge on any atom is 0.307 e. The molecule has 0 aromatic carbocycles. The summed E-state index contributed by atoms with van der Waals surface area (Å²) in [4.78, 5) is 13.8.